The van der Waals surface area contributed by atoms with Crippen molar-refractivity contribution in [1.82, 2.24) is 4.90 Å². The van der Waals surface area contributed by atoms with Crippen LogP contribution in [0.5, 0.6) is 5.75 Å². The number of hydrogen-bond donors (Lipinski definition) is 1. The van der Waals surface area contributed by atoms with Crippen LogP contribution in [0.2, 0.25) is 0 Å². The molecule has 0 radical (unpaired) electrons. The first kappa shape index (κ1) is 21.1. The molecular formula is C26H30FNO5. The van der Waals surface area contributed by atoms with Crippen molar-refractivity contribution in [2.75, 3.05) is 6.61 Å². The van der Waals surface area contributed by atoms with Gasteiger partial charge in [0.1, 0.15) is 17.6 Å². The zero-order chi connectivity index (χ0) is 22.9. The molecule has 2 amide bonds. The van der Waals surface area contributed by atoms with Gasteiger partial charge in [0.25, 0.3) is 5.91 Å². The number of rotatable bonds is 6. The summed E-state index contributed by atoms with van der Waals surface area (Å²) in [4.78, 5) is 37.5. The van der Waals surface area contributed by atoms with Gasteiger partial charge in [0.2, 0.25) is 5.91 Å². The van der Waals surface area contributed by atoms with E-state index >= 15 is 4.39 Å². The van der Waals surface area contributed by atoms with Crippen molar-refractivity contribution in [1.29, 1.82) is 0 Å². The number of fused-ring (bicyclic) bond motifs is 2. The van der Waals surface area contributed by atoms with Gasteiger partial charge in [0, 0.05) is 17.9 Å². The highest BCUT2D eigenvalue weighted by molar-refractivity contribution is 6.08. The van der Waals surface area contributed by atoms with Crippen molar-refractivity contribution < 1.29 is 28.6 Å². The fraction of sp³-hybridized carbons (Fsp3) is 0.654. The maximum atomic E-state index is 15.2. The summed E-state index contributed by atoms with van der Waals surface area (Å²) in [6, 6.07) is 1.57. The number of likely N-dealkylation sites (tertiary alicyclic amines) is 1. The van der Waals surface area contributed by atoms with Gasteiger partial charge >= 0.3 is 5.97 Å². The molecule has 1 aromatic carbocycles. The van der Waals surface area contributed by atoms with Gasteiger partial charge in [0.15, 0.2) is 0 Å². The van der Waals surface area contributed by atoms with Gasteiger partial charge in [-0.2, -0.15) is 0 Å². The number of ether oxygens (including phenoxy) is 1. The van der Waals surface area contributed by atoms with Crippen LogP contribution >= 0.6 is 0 Å². The summed E-state index contributed by atoms with van der Waals surface area (Å²) in [6.07, 6.45) is 9.61. The minimum Gasteiger partial charge on any atom is -0.493 e. The van der Waals surface area contributed by atoms with Gasteiger partial charge in [-0.25, -0.2) is 9.18 Å². The molecule has 3 bridgehead atoms. The SMILES string of the molecule is O=C(O)[C@@H]1CCC(=O)N1C(=O)c1cc(C2CC2)c(OCC23CC4CCC2CC(C4)C3)cc1F. The summed E-state index contributed by atoms with van der Waals surface area (Å²) < 4.78 is 21.5. The molecular weight excluding hydrogens is 425 g/mol. The summed E-state index contributed by atoms with van der Waals surface area (Å²) in [7, 11) is 0. The lowest BCUT2D eigenvalue weighted by Crippen LogP contribution is -2.43. The predicted octanol–water partition coefficient (Wildman–Crippen LogP) is 4.51. The minimum absolute atomic E-state index is 0.0216. The Labute approximate surface area is 192 Å². The molecule has 5 fully saturated rings. The average molecular weight is 456 g/mol. The number of halogens is 1. The van der Waals surface area contributed by atoms with Crippen molar-refractivity contribution in [3.63, 3.8) is 0 Å². The van der Waals surface area contributed by atoms with Crippen molar-refractivity contribution in [3.8, 4) is 5.75 Å². The van der Waals surface area contributed by atoms with E-state index in [0.29, 0.717) is 23.2 Å². The van der Waals surface area contributed by atoms with Crippen molar-refractivity contribution in [3.05, 3.63) is 29.1 Å². The van der Waals surface area contributed by atoms with E-state index in [2.05, 4.69) is 0 Å². The molecule has 1 aromatic rings. The van der Waals surface area contributed by atoms with Gasteiger partial charge in [-0.3, -0.25) is 14.5 Å². The van der Waals surface area contributed by atoms with Gasteiger partial charge in [-0.05, 0) is 86.7 Å². The van der Waals surface area contributed by atoms with E-state index in [-0.39, 0.29) is 29.7 Å². The molecule has 0 aromatic heterocycles. The summed E-state index contributed by atoms with van der Waals surface area (Å²) >= 11 is 0. The maximum absolute atomic E-state index is 15.2. The van der Waals surface area contributed by atoms with Crippen LogP contribution in [0, 0.1) is 29.0 Å². The smallest absolute Gasteiger partial charge is 0.326 e. The average Bonchev–Trinajstić information content (AvgIpc) is 3.52. The van der Waals surface area contributed by atoms with Gasteiger partial charge in [-0.15, -0.1) is 0 Å². The van der Waals surface area contributed by atoms with E-state index in [9.17, 15) is 19.5 Å². The molecule has 4 unspecified atom stereocenters. The van der Waals surface area contributed by atoms with E-state index in [1.54, 1.807) is 0 Å². The third-order valence-corrected chi connectivity index (χ3v) is 9.04. The molecule has 5 aliphatic rings. The molecule has 176 valence electrons. The van der Waals surface area contributed by atoms with E-state index in [1.807, 2.05) is 0 Å². The van der Waals surface area contributed by atoms with Crippen LogP contribution in [0.3, 0.4) is 0 Å². The third kappa shape index (κ3) is 3.46. The van der Waals surface area contributed by atoms with Crippen LogP contribution in [0.25, 0.3) is 0 Å². The summed E-state index contributed by atoms with van der Waals surface area (Å²) in [5, 5.41) is 9.39. The second-order valence-electron chi connectivity index (χ2n) is 11.1. The predicted molar refractivity (Wildman–Crippen MR) is 116 cm³/mol. The Hall–Kier alpha value is -2.44. The quantitative estimate of drug-likeness (QED) is 0.638. The topological polar surface area (TPSA) is 83.9 Å². The molecule has 33 heavy (non-hydrogen) atoms. The van der Waals surface area contributed by atoms with E-state index in [4.69, 9.17) is 4.74 Å². The molecule has 1 saturated heterocycles. The molecule has 1 aliphatic heterocycles. The Morgan fingerprint density at radius 3 is 2.64 bits per heavy atom. The highest BCUT2D eigenvalue weighted by atomic mass is 19.1. The normalized spacial score (nSPS) is 34.7. The number of nitrogens with zero attached hydrogens (tertiary/aromatic N) is 1. The fourth-order valence-corrected chi connectivity index (χ4v) is 7.45. The number of carbonyl (C=O) groups is 3. The van der Waals surface area contributed by atoms with Crippen LogP contribution in [0.15, 0.2) is 12.1 Å². The first-order valence-electron chi connectivity index (χ1n) is 12.4. The van der Waals surface area contributed by atoms with Crippen LogP contribution < -0.4 is 4.74 Å². The van der Waals surface area contributed by atoms with Gasteiger partial charge < -0.3 is 9.84 Å². The van der Waals surface area contributed by atoms with Crippen LogP contribution in [-0.2, 0) is 9.59 Å². The van der Waals surface area contributed by atoms with Crippen molar-refractivity contribution >= 4 is 17.8 Å². The Balaban J connectivity index is 1.27. The van der Waals surface area contributed by atoms with Crippen molar-refractivity contribution in [2.24, 2.45) is 23.2 Å². The lowest BCUT2D eigenvalue weighted by atomic mass is 9.62. The Kier molecular flexibility index (Phi) is 4.82. The van der Waals surface area contributed by atoms with Gasteiger partial charge in [-0.1, -0.05) is 6.42 Å². The first-order valence-corrected chi connectivity index (χ1v) is 12.4. The number of carbonyl (C=O) groups excluding carboxylic acids is 2. The molecule has 6 nitrogen and oxygen atoms in total. The summed E-state index contributed by atoms with van der Waals surface area (Å²) in [5.74, 6) is -0.402. The van der Waals surface area contributed by atoms with Crippen molar-refractivity contribution in [2.45, 2.75) is 76.2 Å². The Morgan fingerprint density at radius 2 is 1.88 bits per heavy atom. The highest BCUT2D eigenvalue weighted by Crippen LogP contribution is 2.62. The second-order valence-corrected chi connectivity index (χ2v) is 11.1. The number of benzene rings is 1. The minimum atomic E-state index is -1.24. The molecule has 0 spiro atoms. The lowest BCUT2D eigenvalue weighted by Gasteiger charge is -2.45. The number of hydrogen-bond acceptors (Lipinski definition) is 4. The first-order chi connectivity index (χ1) is 15.8. The van der Waals surface area contributed by atoms with E-state index in [1.165, 1.54) is 50.7 Å². The van der Waals surface area contributed by atoms with Crippen LogP contribution in [0.4, 0.5) is 4.39 Å². The molecule has 4 aliphatic carbocycles. The monoisotopic (exact) mass is 455 g/mol. The Morgan fingerprint density at radius 1 is 1.09 bits per heavy atom. The molecule has 1 heterocycles. The standard InChI is InChI=1S/C26H30FNO5/c27-20-10-22(33-13-26-11-14-1-4-17(26)8-15(7-14)12-26)18(16-2-3-16)9-19(20)24(30)28-21(25(31)32)5-6-23(28)29/h9-10,14-17,21H,1-8,11-13H2,(H,31,32)/t14?,15?,17?,21-,26?/m0/s1. The van der Waals surface area contributed by atoms with E-state index in [0.717, 1.165) is 30.2 Å². The number of aliphatic carboxylic acids is 1. The molecule has 5 atom stereocenters. The maximum Gasteiger partial charge on any atom is 0.326 e. The number of amides is 2. The second kappa shape index (κ2) is 7.54. The third-order valence-electron chi connectivity index (χ3n) is 9.04. The van der Waals surface area contributed by atoms with E-state index < -0.39 is 29.6 Å². The Bertz CT molecular complexity index is 1040. The highest BCUT2D eigenvalue weighted by Gasteiger charge is 2.55. The zero-order valence-corrected chi connectivity index (χ0v) is 18.7. The molecule has 1 N–H and O–H groups in total. The molecule has 7 heteroatoms. The summed E-state index contributed by atoms with van der Waals surface area (Å²) in [5.41, 5.74) is 0.778. The van der Waals surface area contributed by atoms with Gasteiger partial charge in [0.05, 0.1) is 12.2 Å². The molecule has 6 rings (SSSR count). The summed E-state index contributed by atoms with van der Waals surface area (Å²) in [6.45, 7) is 0.600. The molecule has 4 saturated carbocycles. The fourth-order valence-electron chi connectivity index (χ4n) is 7.45. The van der Waals surface area contributed by atoms with Crippen LogP contribution in [-0.4, -0.2) is 40.4 Å². The van der Waals surface area contributed by atoms with Crippen LogP contribution in [0.1, 0.15) is 86.0 Å². The number of carboxylic acid groups (broad SMARTS) is 1. The number of carboxylic acids is 1. The zero-order valence-electron chi connectivity index (χ0n) is 18.7. The largest absolute Gasteiger partial charge is 0.493 e. The number of imide groups is 1. The lowest BCUT2D eigenvalue weighted by molar-refractivity contribution is -0.144.